The van der Waals surface area contributed by atoms with Gasteiger partial charge in [0.15, 0.2) is 6.61 Å². The van der Waals surface area contributed by atoms with Gasteiger partial charge in [-0.3, -0.25) is 0 Å². The highest BCUT2D eigenvalue weighted by atomic mass is 35.5. The lowest BCUT2D eigenvalue weighted by molar-refractivity contribution is 0.257. The van der Waals surface area contributed by atoms with E-state index in [0.29, 0.717) is 24.1 Å². The number of halogens is 1. The van der Waals surface area contributed by atoms with Gasteiger partial charge in [0, 0.05) is 12.3 Å². The topological polar surface area (TPSA) is 48.2 Å². The van der Waals surface area contributed by atoms with Gasteiger partial charge >= 0.3 is 0 Å². The molecule has 0 N–H and O–H groups in total. The van der Waals surface area contributed by atoms with Crippen LogP contribution in [-0.2, 0) is 13.0 Å². The predicted molar refractivity (Wildman–Crippen MR) is 69.0 cm³/mol. The lowest BCUT2D eigenvalue weighted by Gasteiger charge is -2.07. The minimum absolute atomic E-state index is 0.277. The molecule has 0 aliphatic rings. The number of ether oxygens (including phenoxy) is 1. The third-order valence-electron chi connectivity index (χ3n) is 2.51. The second kappa shape index (κ2) is 5.87. The first-order valence-corrected chi connectivity index (χ1v) is 6.30. The fraction of sp³-hybridized carbons (Fsp3) is 0.385. The Balaban J connectivity index is 1.99. The minimum atomic E-state index is 0.277. The van der Waals surface area contributed by atoms with Crippen molar-refractivity contribution in [2.75, 3.05) is 5.88 Å². The van der Waals surface area contributed by atoms with E-state index in [-0.39, 0.29) is 6.61 Å². The normalized spacial score (nSPS) is 10.6. The van der Waals surface area contributed by atoms with Gasteiger partial charge in [-0.1, -0.05) is 12.1 Å². The summed E-state index contributed by atoms with van der Waals surface area (Å²) in [6.07, 6.45) is 0.581. The van der Waals surface area contributed by atoms with Crippen LogP contribution in [0.5, 0.6) is 5.75 Å². The highest BCUT2D eigenvalue weighted by Gasteiger charge is 2.07. The number of rotatable bonds is 5. The summed E-state index contributed by atoms with van der Waals surface area (Å²) in [5.74, 6) is 2.33. The van der Waals surface area contributed by atoms with Crippen molar-refractivity contribution in [1.82, 2.24) is 10.2 Å². The molecule has 0 aliphatic heterocycles. The summed E-state index contributed by atoms with van der Waals surface area (Å²) in [5, 5.41) is 7.78. The molecule has 0 aliphatic carbocycles. The van der Waals surface area contributed by atoms with Crippen LogP contribution in [0.1, 0.15) is 22.9 Å². The first-order chi connectivity index (χ1) is 8.69. The Kier molecular flexibility index (Phi) is 4.20. The van der Waals surface area contributed by atoms with Gasteiger partial charge in [0.05, 0.1) is 0 Å². The maximum absolute atomic E-state index is 5.67. The van der Waals surface area contributed by atoms with Gasteiger partial charge < -0.3 is 9.15 Å². The fourth-order valence-corrected chi connectivity index (χ4v) is 1.69. The van der Waals surface area contributed by atoms with Crippen LogP contribution in [0.15, 0.2) is 22.6 Å². The number of nitrogens with zero attached hydrogens (tertiary/aromatic N) is 2. The second-order valence-corrected chi connectivity index (χ2v) is 4.46. The first-order valence-electron chi connectivity index (χ1n) is 5.76. The maximum atomic E-state index is 5.67. The molecule has 5 heteroatoms. The number of aromatic nitrogens is 2. The Morgan fingerprint density at radius 1 is 1.22 bits per heavy atom. The Morgan fingerprint density at radius 3 is 2.78 bits per heavy atom. The van der Waals surface area contributed by atoms with Gasteiger partial charge in [0.25, 0.3) is 5.89 Å². The molecule has 4 nitrogen and oxygen atoms in total. The van der Waals surface area contributed by atoms with Gasteiger partial charge in [-0.25, -0.2) is 0 Å². The van der Waals surface area contributed by atoms with E-state index in [4.69, 9.17) is 20.8 Å². The number of alkyl halides is 1. The van der Waals surface area contributed by atoms with Gasteiger partial charge in [0.1, 0.15) is 5.75 Å². The lowest BCUT2D eigenvalue weighted by atomic mass is 10.1. The van der Waals surface area contributed by atoms with Gasteiger partial charge in [-0.15, -0.1) is 21.8 Å². The molecule has 0 bridgehead atoms. The summed E-state index contributed by atoms with van der Waals surface area (Å²) >= 11 is 5.60. The summed E-state index contributed by atoms with van der Waals surface area (Å²) in [4.78, 5) is 0. The van der Waals surface area contributed by atoms with Crippen molar-refractivity contribution in [3.8, 4) is 5.75 Å². The third kappa shape index (κ3) is 3.23. The Hall–Kier alpha value is -1.55. The van der Waals surface area contributed by atoms with E-state index >= 15 is 0 Å². The molecule has 0 fully saturated rings. The first kappa shape index (κ1) is 12.9. The zero-order valence-corrected chi connectivity index (χ0v) is 11.2. The highest BCUT2D eigenvalue weighted by molar-refractivity contribution is 6.17. The van der Waals surface area contributed by atoms with Gasteiger partial charge in [0.2, 0.25) is 5.89 Å². The molecule has 1 aromatic carbocycles. The van der Waals surface area contributed by atoms with E-state index in [0.717, 1.165) is 16.9 Å². The van der Waals surface area contributed by atoms with Crippen LogP contribution in [-0.4, -0.2) is 16.1 Å². The molecule has 0 saturated heterocycles. The average Bonchev–Trinajstić information content (AvgIpc) is 2.79. The van der Waals surface area contributed by atoms with Crippen LogP contribution in [0.25, 0.3) is 0 Å². The number of aryl methyl sites for hydroxylation is 3. The van der Waals surface area contributed by atoms with Crippen LogP contribution in [0.4, 0.5) is 0 Å². The van der Waals surface area contributed by atoms with Gasteiger partial charge in [-0.05, 0) is 31.0 Å². The second-order valence-electron chi connectivity index (χ2n) is 4.09. The van der Waals surface area contributed by atoms with E-state index in [9.17, 15) is 0 Å². The summed E-state index contributed by atoms with van der Waals surface area (Å²) in [5.41, 5.74) is 2.24. The quantitative estimate of drug-likeness (QED) is 0.781. The molecule has 0 amide bonds. The van der Waals surface area contributed by atoms with Crippen LogP contribution in [0, 0.1) is 13.8 Å². The molecule has 18 heavy (non-hydrogen) atoms. The fourth-order valence-electron chi connectivity index (χ4n) is 1.53. The van der Waals surface area contributed by atoms with Crippen LogP contribution >= 0.6 is 11.6 Å². The van der Waals surface area contributed by atoms with Crippen LogP contribution in [0.3, 0.4) is 0 Å². The zero-order chi connectivity index (χ0) is 13.0. The molecule has 2 rings (SSSR count). The van der Waals surface area contributed by atoms with E-state index in [2.05, 4.69) is 10.2 Å². The Morgan fingerprint density at radius 2 is 2.00 bits per heavy atom. The van der Waals surface area contributed by atoms with Crippen molar-refractivity contribution in [1.29, 1.82) is 0 Å². The van der Waals surface area contributed by atoms with Crippen LogP contribution < -0.4 is 4.74 Å². The monoisotopic (exact) mass is 266 g/mol. The summed E-state index contributed by atoms with van der Waals surface area (Å²) in [7, 11) is 0. The number of hydrogen-bond donors (Lipinski definition) is 0. The summed E-state index contributed by atoms with van der Waals surface area (Å²) in [6, 6.07) is 6.07. The molecule has 1 heterocycles. The van der Waals surface area contributed by atoms with Crippen molar-refractivity contribution in [3.05, 3.63) is 41.1 Å². The number of hydrogen-bond acceptors (Lipinski definition) is 4. The van der Waals surface area contributed by atoms with Crippen molar-refractivity contribution >= 4 is 11.6 Å². The predicted octanol–water partition coefficient (Wildman–Crippen LogP) is 3.05. The van der Waals surface area contributed by atoms with Crippen LogP contribution in [0.2, 0.25) is 0 Å². The molecule has 0 atom stereocenters. The Bertz CT molecular complexity index is 525. The van der Waals surface area contributed by atoms with E-state index in [1.165, 1.54) is 0 Å². The van der Waals surface area contributed by atoms with Crippen molar-refractivity contribution in [3.63, 3.8) is 0 Å². The van der Waals surface area contributed by atoms with Crippen molar-refractivity contribution in [2.45, 2.75) is 26.9 Å². The van der Waals surface area contributed by atoms with Gasteiger partial charge in [-0.2, -0.15) is 0 Å². The largest absolute Gasteiger partial charge is 0.484 e. The third-order valence-corrected chi connectivity index (χ3v) is 2.70. The zero-order valence-electron chi connectivity index (χ0n) is 10.4. The standard InChI is InChI=1S/C13H15ClN2O2/c1-9-3-4-10(2)11(7-9)17-8-13-16-15-12(18-13)5-6-14/h3-4,7H,5-6,8H2,1-2H3. The summed E-state index contributed by atoms with van der Waals surface area (Å²) in [6.45, 7) is 4.30. The van der Waals surface area contributed by atoms with Crippen molar-refractivity contribution < 1.29 is 9.15 Å². The SMILES string of the molecule is Cc1ccc(C)c(OCc2nnc(CCCl)o2)c1. The maximum Gasteiger partial charge on any atom is 0.253 e. The number of benzene rings is 1. The molecular weight excluding hydrogens is 252 g/mol. The molecular formula is C13H15ClN2O2. The van der Waals surface area contributed by atoms with E-state index in [1.54, 1.807) is 0 Å². The highest BCUT2D eigenvalue weighted by Crippen LogP contribution is 2.20. The minimum Gasteiger partial charge on any atom is -0.484 e. The van der Waals surface area contributed by atoms with E-state index in [1.807, 2.05) is 32.0 Å². The van der Waals surface area contributed by atoms with E-state index < -0.39 is 0 Å². The molecule has 0 spiro atoms. The molecule has 0 unspecified atom stereocenters. The summed E-state index contributed by atoms with van der Waals surface area (Å²) < 4.78 is 11.1. The smallest absolute Gasteiger partial charge is 0.253 e. The molecule has 96 valence electrons. The molecule has 0 saturated carbocycles. The van der Waals surface area contributed by atoms with Crippen molar-refractivity contribution in [2.24, 2.45) is 0 Å². The lowest BCUT2D eigenvalue weighted by Crippen LogP contribution is -1.97. The molecule has 1 aromatic heterocycles. The molecule has 0 radical (unpaired) electrons. The molecule has 2 aromatic rings. The Labute approximate surface area is 111 Å². The average molecular weight is 267 g/mol.